The van der Waals surface area contributed by atoms with Crippen molar-refractivity contribution < 1.29 is 4.74 Å². The fourth-order valence-corrected chi connectivity index (χ4v) is 3.23. The van der Waals surface area contributed by atoms with Crippen LogP contribution in [0.2, 0.25) is 0 Å². The third kappa shape index (κ3) is 6.58. The van der Waals surface area contributed by atoms with Gasteiger partial charge in [0.25, 0.3) is 0 Å². The smallest absolute Gasteiger partial charge is 0.191 e. The van der Waals surface area contributed by atoms with Crippen molar-refractivity contribution in [2.24, 2.45) is 10.9 Å². The first-order chi connectivity index (χ1) is 12.1. The molecule has 0 unspecified atom stereocenters. The molecule has 1 aromatic carbocycles. The van der Waals surface area contributed by atoms with Gasteiger partial charge in [0.05, 0.1) is 7.11 Å². The van der Waals surface area contributed by atoms with Gasteiger partial charge in [0, 0.05) is 19.6 Å². The summed E-state index contributed by atoms with van der Waals surface area (Å²) in [6, 6.07) is 6.33. The van der Waals surface area contributed by atoms with Gasteiger partial charge in [-0.15, -0.1) is 0 Å². The van der Waals surface area contributed by atoms with E-state index in [2.05, 4.69) is 48.6 Å². The second-order valence-electron chi connectivity index (χ2n) is 6.96. The van der Waals surface area contributed by atoms with Crippen molar-refractivity contribution in [3.05, 3.63) is 29.3 Å². The summed E-state index contributed by atoms with van der Waals surface area (Å²) in [6.07, 6.45) is 3.42. The number of nitrogens with zero attached hydrogens (tertiary/aromatic N) is 2. The number of nitrogens with one attached hydrogen (secondary N) is 2. The van der Waals surface area contributed by atoms with Crippen LogP contribution in [-0.4, -0.2) is 57.7 Å². The Bertz CT molecular complexity index is 551. The molecule has 0 aromatic heterocycles. The molecule has 0 radical (unpaired) electrons. The van der Waals surface area contributed by atoms with Crippen LogP contribution in [-0.2, 0) is 6.42 Å². The van der Waals surface area contributed by atoms with E-state index in [1.165, 1.54) is 37.1 Å². The molecule has 1 heterocycles. The number of likely N-dealkylation sites (tertiary alicyclic amines) is 1. The topological polar surface area (TPSA) is 48.9 Å². The van der Waals surface area contributed by atoms with E-state index >= 15 is 0 Å². The first-order valence-corrected chi connectivity index (χ1v) is 9.46. The predicted molar refractivity (Wildman–Crippen MR) is 106 cm³/mol. The second-order valence-corrected chi connectivity index (χ2v) is 6.96. The van der Waals surface area contributed by atoms with Crippen LogP contribution in [0.3, 0.4) is 0 Å². The molecule has 5 heteroatoms. The molecule has 1 aliphatic rings. The van der Waals surface area contributed by atoms with Gasteiger partial charge in [-0.3, -0.25) is 4.99 Å². The number of methoxy groups -OCH3 is 1. The van der Waals surface area contributed by atoms with E-state index in [-0.39, 0.29) is 0 Å². The maximum atomic E-state index is 5.46. The Morgan fingerprint density at radius 1 is 1.28 bits per heavy atom. The normalized spacial score (nSPS) is 16.7. The van der Waals surface area contributed by atoms with Crippen molar-refractivity contribution in [1.82, 2.24) is 15.5 Å². The molecule has 0 aliphatic carbocycles. The summed E-state index contributed by atoms with van der Waals surface area (Å²) >= 11 is 0. The van der Waals surface area contributed by atoms with E-state index in [9.17, 15) is 0 Å². The maximum absolute atomic E-state index is 5.46. The first kappa shape index (κ1) is 19.6. The lowest BCUT2D eigenvalue weighted by atomic mass is 9.97. The molecule has 1 aromatic rings. The Hall–Kier alpha value is -1.75. The standard InChI is InChI=1S/C20H34N4O/c1-5-21-20(23-15-17-9-12-24(3)13-10-17)22-11-8-18-14-16(2)6-7-19(18)25-4/h6-7,14,17H,5,8-13,15H2,1-4H3,(H2,21,22,23). The van der Waals surface area contributed by atoms with Crippen LogP contribution < -0.4 is 15.4 Å². The monoisotopic (exact) mass is 346 g/mol. The fraction of sp³-hybridized carbons (Fsp3) is 0.650. The Morgan fingerprint density at radius 2 is 2.04 bits per heavy atom. The molecule has 0 spiro atoms. The summed E-state index contributed by atoms with van der Waals surface area (Å²) in [5, 5.41) is 6.82. The van der Waals surface area contributed by atoms with E-state index in [1.807, 2.05) is 6.07 Å². The summed E-state index contributed by atoms with van der Waals surface area (Å²) in [5.41, 5.74) is 2.50. The van der Waals surface area contributed by atoms with Gasteiger partial charge in [0.1, 0.15) is 5.75 Å². The third-order valence-electron chi connectivity index (χ3n) is 4.81. The number of hydrogen-bond donors (Lipinski definition) is 2. The third-order valence-corrected chi connectivity index (χ3v) is 4.81. The number of benzene rings is 1. The van der Waals surface area contributed by atoms with E-state index in [1.54, 1.807) is 7.11 Å². The highest BCUT2D eigenvalue weighted by molar-refractivity contribution is 5.79. The van der Waals surface area contributed by atoms with Crippen molar-refractivity contribution in [1.29, 1.82) is 0 Å². The molecular weight excluding hydrogens is 312 g/mol. The molecular formula is C20H34N4O. The quantitative estimate of drug-likeness (QED) is 0.588. The minimum absolute atomic E-state index is 0.712. The van der Waals surface area contributed by atoms with E-state index < -0.39 is 0 Å². The van der Waals surface area contributed by atoms with Crippen molar-refractivity contribution in [3.63, 3.8) is 0 Å². The SMILES string of the molecule is CCNC(=NCC1CCN(C)CC1)NCCc1cc(C)ccc1OC. The van der Waals surface area contributed by atoms with Crippen LogP contribution >= 0.6 is 0 Å². The van der Waals surface area contributed by atoms with E-state index in [0.717, 1.165) is 37.8 Å². The molecule has 0 amide bonds. The van der Waals surface area contributed by atoms with Crippen LogP contribution in [0.15, 0.2) is 23.2 Å². The molecule has 5 nitrogen and oxygen atoms in total. The Morgan fingerprint density at radius 3 is 2.72 bits per heavy atom. The zero-order valence-electron chi connectivity index (χ0n) is 16.3. The summed E-state index contributed by atoms with van der Waals surface area (Å²) in [6.45, 7) is 9.25. The van der Waals surface area contributed by atoms with Crippen LogP contribution in [0.1, 0.15) is 30.9 Å². The molecule has 1 fully saturated rings. The van der Waals surface area contributed by atoms with Crippen molar-refractivity contribution in [2.45, 2.75) is 33.1 Å². The summed E-state index contributed by atoms with van der Waals surface area (Å²) in [5.74, 6) is 2.59. The zero-order valence-corrected chi connectivity index (χ0v) is 16.3. The van der Waals surface area contributed by atoms with E-state index in [0.29, 0.717) is 5.92 Å². The van der Waals surface area contributed by atoms with Gasteiger partial charge >= 0.3 is 0 Å². The Kier molecular flexibility index (Phi) is 8.06. The lowest BCUT2D eigenvalue weighted by Crippen LogP contribution is -2.39. The molecule has 1 saturated heterocycles. The lowest BCUT2D eigenvalue weighted by molar-refractivity contribution is 0.223. The first-order valence-electron chi connectivity index (χ1n) is 9.46. The highest BCUT2D eigenvalue weighted by atomic mass is 16.5. The van der Waals surface area contributed by atoms with Gasteiger partial charge in [0.15, 0.2) is 5.96 Å². The largest absolute Gasteiger partial charge is 0.496 e. The predicted octanol–water partition coefficient (Wildman–Crippen LogP) is 2.44. The van der Waals surface area contributed by atoms with Gasteiger partial charge in [-0.1, -0.05) is 17.7 Å². The average molecular weight is 347 g/mol. The van der Waals surface area contributed by atoms with Crippen LogP contribution in [0, 0.1) is 12.8 Å². The van der Waals surface area contributed by atoms with Gasteiger partial charge < -0.3 is 20.3 Å². The second kappa shape index (κ2) is 10.3. The average Bonchev–Trinajstić information content (AvgIpc) is 2.61. The molecule has 2 rings (SSSR count). The van der Waals surface area contributed by atoms with Crippen LogP contribution in [0.4, 0.5) is 0 Å². The molecule has 0 atom stereocenters. The maximum Gasteiger partial charge on any atom is 0.191 e. The van der Waals surface area contributed by atoms with Gasteiger partial charge in [-0.2, -0.15) is 0 Å². The number of aliphatic imine (C=N–C) groups is 1. The fourth-order valence-electron chi connectivity index (χ4n) is 3.23. The van der Waals surface area contributed by atoms with Crippen LogP contribution in [0.5, 0.6) is 5.75 Å². The number of piperidine rings is 1. The van der Waals surface area contributed by atoms with Crippen molar-refractivity contribution in [3.8, 4) is 5.75 Å². The van der Waals surface area contributed by atoms with Gasteiger partial charge in [0.2, 0.25) is 0 Å². The molecule has 1 aliphatic heterocycles. The van der Waals surface area contributed by atoms with Crippen LogP contribution in [0.25, 0.3) is 0 Å². The minimum atomic E-state index is 0.712. The summed E-state index contributed by atoms with van der Waals surface area (Å²) in [4.78, 5) is 7.20. The van der Waals surface area contributed by atoms with Gasteiger partial charge in [-0.05, 0) is 70.8 Å². The lowest BCUT2D eigenvalue weighted by Gasteiger charge is -2.28. The summed E-state index contributed by atoms with van der Waals surface area (Å²) < 4.78 is 5.46. The molecule has 25 heavy (non-hydrogen) atoms. The van der Waals surface area contributed by atoms with Crippen molar-refractivity contribution >= 4 is 5.96 Å². The minimum Gasteiger partial charge on any atom is -0.496 e. The number of aryl methyl sites for hydroxylation is 1. The van der Waals surface area contributed by atoms with Gasteiger partial charge in [-0.25, -0.2) is 0 Å². The Labute approximate surface area is 152 Å². The molecule has 2 N–H and O–H groups in total. The highest BCUT2D eigenvalue weighted by Gasteiger charge is 2.16. The number of guanidine groups is 1. The molecule has 0 bridgehead atoms. The highest BCUT2D eigenvalue weighted by Crippen LogP contribution is 2.19. The molecule has 140 valence electrons. The van der Waals surface area contributed by atoms with E-state index in [4.69, 9.17) is 9.73 Å². The number of hydrogen-bond acceptors (Lipinski definition) is 3. The number of ether oxygens (including phenoxy) is 1. The van der Waals surface area contributed by atoms with Crippen molar-refractivity contribution in [2.75, 3.05) is 46.9 Å². The zero-order chi connectivity index (χ0) is 18.1. The Balaban J connectivity index is 1.84. The number of rotatable bonds is 7. The molecule has 0 saturated carbocycles. The summed E-state index contributed by atoms with van der Waals surface area (Å²) in [7, 11) is 3.93.